The highest BCUT2D eigenvalue weighted by molar-refractivity contribution is 6.32. The molecule has 196 valence electrons. The fraction of sp³-hybridized carbons (Fsp3) is 0.560. The van der Waals surface area contributed by atoms with Crippen molar-refractivity contribution in [1.29, 1.82) is 0 Å². The number of hydrogen-bond donors (Lipinski definition) is 2. The molecule has 3 saturated carbocycles. The summed E-state index contributed by atoms with van der Waals surface area (Å²) in [5, 5.41) is 19.2. The number of rotatable bonds is 5. The molecule has 2 bridgehead atoms. The number of piperidine rings is 1. The molecule has 8 nitrogen and oxygen atoms in total. The fourth-order valence-electron chi connectivity index (χ4n) is 6.58. The first kappa shape index (κ1) is 24.0. The van der Waals surface area contributed by atoms with Crippen LogP contribution in [0.15, 0.2) is 24.5 Å². The van der Waals surface area contributed by atoms with Gasteiger partial charge >= 0.3 is 0 Å². The lowest BCUT2D eigenvalue weighted by atomic mass is 9.47. The molecular weight excluding hydrogens is 525 g/mol. The molecule has 1 aromatic carbocycles. The second-order valence-corrected chi connectivity index (χ2v) is 11.8. The third kappa shape index (κ3) is 3.83. The van der Waals surface area contributed by atoms with Crippen molar-refractivity contribution in [2.45, 2.75) is 61.1 Å². The van der Waals surface area contributed by atoms with Gasteiger partial charge in [-0.25, -0.2) is 23.4 Å². The number of nitrogens with zero attached hydrogens (tertiary/aromatic N) is 5. The van der Waals surface area contributed by atoms with Gasteiger partial charge in [-0.05, 0) is 30.7 Å². The minimum Gasteiger partial charge on any atom is -0.389 e. The predicted molar refractivity (Wildman–Crippen MR) is 135 cm³/mol. The molecule has 3 aromatic rings. The lowest BCUT2D eigenvalue weighted by molar-refractivity contribution is -0.203. The third-order valence-corrected chi connectivity index (χ3v) is 9.20. The van der Waals surface area contributed by atoms with Gasteiger partial charge in [0.15, 0.2) is 5.15 Å². The zero-order valence-electron chi connectivity index (χ0n) is 19.9. The van der Waals surface area contributed by atoms with E-state index in [2.05, 4.69) is 20.4 Å². The number of anilines is 2. The Labute approximate surface area is 221 Å². The van der Waals surface area contributed by atoms with Crippen molar-refractivity contribution in [1.82, 2.24) is 24.6 Å². The van der Waals surface area contributed by atoms with Crippen LogP contribution in [0.4, 0.5) is 20.4 Å². The predicted octanol–water partition coefficient (Wildman–Crippen LogP) is 4.36. The number of aromatic nitrogens is 4. The van der Waals surface area contributed by atoms with Crippen LogP contribution in [0.5, 0.6) is 0 Å². The maximum absolute atomic E-state index is 15.4. The number of nitrogens with one attached hydrogen (secondary N) is 1. The molecular formula is C25H26Cl2F2N6O2. The molecule has 37 heavy (non-hydrogen) atoms. The second kappa shape index (κ2) is 8.44. The average molecular weight is 551 g/mol. The summed E-state index contributed by atoms with van der Waals surface area (Å²) in [5.74, 6) is -0.0536. The number of benzene rings is 1. The van der Waals surface area contributed by atoms with Crippen molar-refractivity contribution in [3.05, 3.63) is 40.3 Å². The molecule has 4 heterocycles. The van der Waals surface area contributed by atoms with Gasteiger partial charge in [-0.1, -0.05) is 23.2 Å². The molecule has 12 heteroatoms. The van der Waals surface area contributed by atoms with Gasteiger partial charge in [-0.2, -0.15) is 5.10 Å². The van der Waals surface area contributed by atoms with E-state index in [-0.39, 0.29) is 24.0 Å². The van der Waals surface area contributed by atoms with Gasteiger partial charge in [-0.3, -0.25) is 4.90 Å². The summed E-state index contributed by atoms with van der Waals surface area (Å²) >= 11 is 13.2. The van der Waals surface area contributed by atoms with Gasteiger partial charge in [-0.15, -0.1) is 0 Å². The molecule has 0 radical (unpaired) electrons. The molecule has 0 amide bonds. The smallest absolute Gasteiger partial charge is 0.227 e. The standard InChI is InChI=1S/C25H26Cl2F2N6O2/c26-16-3-13-5-30-23(33-19-6-31-35(22(19)27)25-10-24(29,11-25)12-25)32-18(13)4-15(16)14-1-2-34(7-17(14)28)20-8-37-9-21(20)36/h3-6,14,17,20-21,36H,1-2,7-12H2,(H,30,32,33)/t14-,17+,20+,21-,24?,25?/m0/s1. The zero-order chi connectivity index (χ0) is 25.5. The van der Waals surface area contributed by atoms with Crippen LogP contribution >= 0.6 is 23.2 Å². The van der Waals surface area contributed by atoms with E-state index in [0.29, 0.717) is 78.3 Å². The van der Waals surface area contributed by atoms with E-state index in [1.165, 1.54) is 0 Å². The molecule has 3 aliphatic carbocycles. The van der Waals surface area contributed by atoms with Gasteiger partial charge in [0.25, 0.3) is 0 Å². The summed E-state index contributed by atoms with van der Waals surface area (Å²) in [6.45, 7) is 1.57. The van der Waals surface area contributed by atoms with Gasteiger partial charge in [0.2, 0.25) is 5.95 Å². The molecule has 5 fully saturated rings. The molecule has 2 saturated heterocycles. The minimum absolute atomic E-state index is 0.170. The monoisotopic (exact) mass is 550 g/mol. The van der Waals surface area contributed by atoms with Crippen molar-refractivity contribution < 1.29 is 18.6 Å². The highest BCUT2D eigenvalue weighted by Gasteiger charge is 2.71. The lowest BCUT2D eigenvalue weighted by Gasteiger charge is -2.65. The topological polar surface area (TPSA) is 88.3 Å². The maximum atomic E-state index is 15.4. The van der Waals surface area contributed by atoms with Crippen LogP contribution in [0.3, 0.4) is 0 Å². The Morgan fingerprint density at radius 2 is 1.97 bits per heavy atom. The van der Waals surface area contributed by atoms with Crippen LogP contribution in [0.1, 0.15) is 37.2 Å². The van der Waals surface area contributed by atoms with Crippen LogP contribution in [0, 0.1) is 0 Å². The van der Waals surface area contributed by atoms with E-state index in [1.54, 1.807) is 23.1 Å². The number of fused-ring (bicyclic) bond motifs is 1. The van der Waals surface area contributed by atoms with E-state index in [4.69, 9.17) is 27.9 Å². The van der Waals surface area contributed by atoms with Crippen molar-refractivity contribution in [3.63, 3.8) is 0 Å². The molecule has 2 aromatic heterocycles. The summed E-state index contributed by atoms with van der Waals surface area (Å²) < 4.78 is 36.4. The number of aliphatic hydroxyl groups is 1. The van der Waals surface area contributed by atoms with Crippen molar-refractivity contribution >= 4 is 45.7 Å². The Morgan fingerprint density at radius 3 is 2.68 bits per heavy atom. The summed E-state index contributed by atoms with van der Waals surface area (Å²) in [7, 11) is 0. The van der Waals surface area contributed by atoms with Crippen LogP contribution in [0.2, 0.25) is 10.2 Å². The number of alkyl halides is 2. The quantitative estimate of drug-likeness (QED) is 0.487. The largest absolute Gasteiger partial charge is 0.389 e. The number of likely N-dealkylation sites (tertiary alicyclic amines) is 1. The first-order valence-corrected chi connectivity index (χ1v) is 13.3. The van der Waals surface area contributed by atoms with Crippen molar-refractivity contribution in [2.24, 2.45) is 0 Å². The molecule has 2 aliphatic heterocycles. The normalized spacial score (nSPS) is 35.4. The SMILES string of the molecule is O[C@H]1COC[C@H]1N1CC[C@@H](c2cc3nc(Nc4cnn(C56CC(F)(C5)C6)c4Cl)ncc3cc2Cl)[C@H](F)C1. The molecule has 8 rings (SSSR count). The van der Waals surface area contributed by atoms with E-state index in [9.17, 15) is 9.50 Å². The molecule has 0 unspecified atom stereocenters. The van der Waals surface area contributed by atoms with Crippen molar-refractivity contribution in [2.75, 3.05) is 31.6 Å². The van der Waals surface area contributed by atoms with Crippen LogP contribution in [0.25, 0.3) is 10.9 Å². The summed E-state index contributed by atoms with van der Waals surface area (Å²) in [5.41, 5.74) is 0.521. The van der Waals surface area contributed by atoms with E-state index < -0.39 is 17.9 Å². The fourth-order valence-corrected chi connectivity index (χ4v) is 7.21. The molecule has 0 spiro atoms. The zero-order valence-corrected chi connectivity index (χ0v) is 21.4. The summed E-state index contributed by atoms with van der Waals surface area (Å²) in [6.07, 6.45) is 3.44. The van der Waals surface area contributed by atoms with Crippen LogP contribution in [-0.2, 0) is 10.3 Å². The Hall–Kier alpha value is -2.11. The van der Waals surface area contributed by atoms with Crippen LogP contribution in [-0.4, -0.2) is 80.0 Å². The Kier molecular flexibility index (Phi) is 5.47. The number of ether oxygens (including phenoxy) is 1. The van der Waals surface area contributed by atoms with Gasteiger partial charge in [0.1, 0.15) is 11.8 Å². The first-order valence-electron chi connectivity index (χ1n) is 12.5. The number of aliphatic hydroxyl groups excluding tert-OH is 1. The molecule has 2 N–H and O–H groups in total. The Bertz CT molecular complexity index is 1370. The lowest BCUT2D eigenvalue weighted by Crippen LogP contribution is -2.70. The summed E-state index contributed by atoms with van der Waals surface area (Å²) in [6, 6.07) is 3.43. The number of halogens is 4. The highest BCUT2D eigenvalue weighted by atomic mass is 35.5. The minimum atomic E-state index is -1.14. The highest BCUT2D eigenvalue weighted by Crippen LogP contribution is 2.68. The van der Waals surface area contributed by atoms with Gasteiger partial charge < -0.3 is 15.2 Å². The summed E-state index contributed by atoms with van der Waals surface area (Å²) in [4.78, 5) is 11.0. The van der Waals surface area contributed by atoms with Crippen molar-refractivity contribution in [3.8, 4) is 0 Å². The molecule has 5 aliphatic rings. The maximum Gasteiger partial charge on any atom is 0.227 e. The third-order valence-electron chi connectivity index (χ3n) is 8.50. The molecule has 4 atom stereocenters. The first-order chi connectivity index (χ1) is 17.7. The van der Waals surface area contributed by atoms with Gasteiger partial charge in [0, 0.05) is 48.3 Å². The Balaban J connectivity index is 1.11. The number of hydrogen-bond acceptors (Lipinski definition) is 7. The van der Waals surface area contributed by atoms with E-state index in [0.717, 1.165) is 5.39 Å². The van der Waals surface area contributed by atoms with E-state index in [1.807, 2.05) is 11.0 Å². The second-order valence-electron chi connectivity index (χ2n) is 11.0. The average Bonchev–Trinajstić information content (AvgIpc) is 3.42. The Morgan fingerprint density at radius 1 is 1.16 bits per heavy atom. The van der Waals surface area contributed by atoms with Gasteiger partial charge in [0.05, 0.1) is 48.3 Å². The van der Waals surface area contributed by atoms with E-state index >= 15 is 4.39 Å². The van der Waals surface area contributed by atoms with Crippen LogP contribution < -0.4 is 5.32 Å².